The quantitative estimate of drug-likeness (QED) is 0.734. The van der Waals surface area contributed by atoms with E-state index in [-0.39, 0.29) is 12.2 Å². The Morgan fingerprint density at radius 1 is 1.60 bits per heavy atom. The number of aryl methyl sites for hydroxylation is 1. The molecule has 1 aromatic heterocycles. The van der Waals surface area contributed by atoms with E-state index in [4.69, 9.17) is 10.5 Å². The molecule has 82 valence electrons. The summed E-state index contributed by atoms with van der Waals surface area (Å²) in [5, 5.41) is 4.28. The van der Waals surface area contributed by atoms with Gasteiger partial charge in [0.05, 0.1) is 17.9 Å². The number of hydrogen-bond donors (Lipinski definition) is 1. The van der Waals surface area contributed by atoms with Crippen LogP contribution in [-0.4, -0.2) is 21.8 Å². The number of carbonyl (C=O) groups excluding carboxylic acids is 1. The molecule has 1 aromatic rings. The third-order valence-corrected chi connectivity index (χ3v) is 2.72. The molecule has 2 atom stereocenters. The summed E-state index contributed by atoms with van der Waals surface area (Å²) >= 11 is 0. The van der Waals surface area contributed by atoms with Gasteiger partial charge in [-0.2, -0.15) is 5.10 Å². The predicted octanol–water partition coefficient (Wildman–Crippen LogP) is 0.541. The van der Waals surface area contributed by atoms with Crippen molar-refractivity contribution in [3.8, 4) is 0 Å². The number of ether oxygens (including phenoxy) is 1. The highest BCUT2D eigenvalue weighted by molar-refractivity contribution is 5.93. The molecule has 0 fully saturated rings. The second-order valence-electron chi connectivity index (χ2n) is 3.99. The van der Waals surface area contributed by atoms with Gasteiger partial charge in [-0.15, -0.1) is 0 Å². The first kappa shape index (κ1) is 10.2. The Bertz CT molecular complexity index is 411. The third kappa shape index (κ3) is 1.52. The average Bonchev–Trinajstić information content (AvgIpc) is 2.41. The van der Waals surface area contributed by atoms with E-state index >= 15 is 0 Å². The molecule has 2 heterocycles. The van der Waals surface area contributed by atoms with Crippen LogP contribution in [0.25, 0.3) is 0 Å². The van der Waals surface area contributed by atoms with Crippen molar-refractivity contribution in [1.82, 2.24) is 9.78 Å². The minimum absolute atomic E-state index is 0.0666. The summed E-state index contributed by atoms with van der Waals surface area (Å²) in [6.07, 6.45) is 0.740. The van der Waals surface area contributed by atoms with Crippen LogP contribution in [0.15, 0.2) is 0 Å². The van der Waals surface area contributed by atoms with Crippen molar-refractivity contribution in [2.75, 3.05) is 0 Å². The van der Waals surface area contributed by atoms with E-state index in [2.05, 4.69) is 5.10 Å². The van der Waals surface area contributed by atoms with Gasteiger partial charge in [0.1, 0.15) is 5.69 Å². The lowest BCUT2D eigenvalue weighted by atomic mass is 9.99. The highest BCUT2D eigenvalue weighted by Crippen LogP contribution is 2.30. The van der Waals surface area contributed by atoms with Gasteiger partial charge in [0.25, 0.3) is 5.91 Å². The zero-order chi connectivity index (χ0) is 11.2. The SMILES string of the molecule is C[C@@H]1Cc2c(nn(C)c2C(N)=O)[C@H](C)O1. The molecule has 5 heteroatoms. The number of nitrogens with zero attached hydrogens (tertiary/aromatic N) is 2. The summed E-state index contributed by atoms with van der Waals surface area (Å²) in [5.41, 5.74) is 7.62. The Morgan fingerprint density at radius 3 is 2.87 bits per heavy atom. The fourth-order valence-corrected chi connectivity index (χ4v) is 2.17. The molecule has 2 rings (SSSR count). The van der Waals surface area contributed by atoms with Crippen molar-refractivity contribution >= 4 is 5.91 Å². The maximum absolute atomic E-state index is 11.3. The zero-order valence-electron chi connectivity index (χ0n) is 9.15. The number of fused-ring (bicyclic) bond motifs is 1. The number of nitrogens with two attached hydrogens (primary N) is 1. The van der Waals surface area contributed by atoms with Crippen molar-refractivity contribution < 1.29 is 9.53 Å². The van der Waals surface area contributed by atoms with Crippen LogP contribution in [0.2, 0.25) is 0 Å². The molecule has 1 aliphatic rings. The Kier molecular flexibility index (Phi) is 2.26. The summed E-state index contributed by atoms with van der Waals surface area (Å²) < 4.78 is 7.18. The fourth-order valence-electron chi connectivity index (χ4n) is 2.17. The molecule has 0 saturated heterocycles. The summed E-state index contributed by atoms with van der Waals surface area (Å²) in [6, 6.07) is 0. The number of amides is 1. The van der Waals surface area contributed by atoms with Gasteiger partial charge >= 0.3 is 0 Å². The molecule has 1 amide bonds. The lowest BCUT2D eigenvalue weighted by Gasteiger charge is -2.24. The lowest BCUT2D eigenvalue weighted by Crippen LogP contribution is -2.24. The molecule has 0 unspecified atom stereocenters. The van der Waals surface area contributed by atoms with E-state index < -0.39 is 5.91 Å². The first-order valence-electron chi connectivity index (χ1n) is 5.01. The van der Waals surface area contributed by atoms with Gasteiger partial charge in [-0.1, -0.05) is 0 Å². The van der Waals surface area contributed by atoms with Crippen LogP contribution in [0, 0.1) is 0 Å². The largest absolute Gasteiger partial charge is 0.369 e. The molecule has 0 aromatic carbocycles. The second kappa shape index (κ2) is 3.34. The second-order valence-corrected chi connectivity index (χ2v) is 3.99. The smallest absolute Gasteiger partial charge is 0.267 e. The van der Waals surface area contributed by atoms with Gasteiger partial charge < -0.3 is 10.5 Å². The van der Waals surface area contributed by atoms with Gasteiger partial charge in [-0.25, -0.2) is 0 Å². The highest BCUT2D eigenvalue weighted by atomic mass is 16.5. The molecule has 0 spiro atoms. The summed E-state index contributed by atoms with van der Waals surface area (Å²) in [4.78, 5) is 11.3. The monoisotopic (exact) mass is 209 g/mol. The summed E-state index contributed by atoms with van der Waals surface area (Å²) in [7, 11) is 1.73. The average molecular weight is 209 g/mol. The topological polar surface area (TPSA) is 70.1 Å². The number of rotatable bonds is 1. The van der Waals surface area contributed by atoms with Crippen molar-refractivity contribution in [3.63, 3.8) is 0 Å². The molecule has 0 saturated carbocycles. The van der Waals surface area contributed by atoms with Crippen LogP contribution >= 0.6 is 0 Å². The molecule has 0 radical (unpaired) electrons. The Balaban J connectivity index is 2.56. The van der Waals surface area contributed by atoms with Gasteiger partial charge in [0.2, 0.25) is 0 Å². The molecule has 5 nitrogen and oxygen atoms in total. The number of hydrogen-bond acceptors (Lipinski definition) is 3. The molecular weight excluding hydrogens is 194 g/mol. The van der Waals surface area contributed by atoms with E-state index in [0.29, 0.717) is 12.1 Å². The van der Waals surface area contributed by atoms with E-state index in [1.807, 2.05) is 13.8 Å². The van der Waals surface area contributed by atoms with Crippen LogP contribution in [0.4, 0.5) is 0 Å². The molecule has 15 heavy (non-hydrogen) atoms. The van der Waals surface area contributed by atoms with Gasteiger partial charge in [0.15, 0.2) is 0 Å². The molecule has 0 aliphatic carbocycles. The fraction of sp³-hybridized carbons (Fsp3) is 0.600. The Labute approximate surface area is 88.2 Å². The van der Waals surface area contributed by atoms with Crippen molar-refractivity contribution in [2.24, 2.45) is 12.8 Å². The maximum atomic E-state index is 11.3. The first-order valence-corrected chi connectivity index (χ1v) is 5.01. The van der Waals surface area contributed by atoms with Crippen LogP contribution in [0.1, 0.15) is 41.7 Å². The maximum Gasteiger partial charge on any atom is 0.267 e. The van der Waals surface area contributed by atoms with Crippen LogP contribution in [0.5, 0.6) is 0 Å². The minimum atomic E-state index is -0.424. The van der Waals surface area contributed by atoms with E-state index in [0.717, 1.165) is 11.3 Å². The molecule has 1 aliphatic heterocycles. The van der Waals surface area contributed by atoms with Crippen molar-refractivity contribution in [2.45, 2.75) is 32.5 Å². The van der Waals surface area contributed by atoms with E-state index in [1.54, 1.807) is 11.7 Å². The summed E-state index contributed by atoms with van der Waals surface area (Å²) in [6.45, 7) is 3.92. The summed E-state index contributed by atoms with van der Waals surface area (Å²) in [5.74, 6) is -0.424. The molecule has 0 bridgehead atoms. The van der Waals surface area contributed by atoms with Crippen LogP contribution in [0.3, 0.4) is 0 Å². The molecule has 2 N–H and O–H groups in total. The van der Waals surface area contributed by atoms with Crippen LogP contribution in [-0.2, 0) is 18.2 Å². The number of carbonyl (C=O) groups is 1. The normalized spacial score (nSPS) is 25.0. The number of primary amides is 1. The molecular formula is C10H15N3O2. The lowest BCUT2D eigenvalue weighted by molar-refractivity contribution is -0.00709. The van der Waals surface area contributed by atoms with Crippen LogP contribution < -0.4 is 5.73 Å². The third-order valence-electron chi connectivity index (χ3n) is 2.72. The standard InChI is InChI=1S/C10H15N3O2/c1-5-4-7-8(6(2)15-5)12-13(3)9(7)10(11)14/h5-6H,4H2,1-3H3,(H2,11,14)/t5-,6+/m1/s1. The van der Waals surface area contributed by atoms with Gasteiger partial charge in [-0.05, 0) is 13.8 Å². The zero-order valence-corrected chi connectivity index (χ0v) is 9.15. The first-order chi connectivity index (χ1) is 7.00. The minimum Gasteiger partial charge on any atom is -0.369 e. The Morgan fingerprint density at radius 2 is 2.27 bits per heavy atom. The van der Waals surface area contributed by atoms with Gasteiger partial charge in [-0.3, -0.25) is 9.48 Å². The Hall–Kier alpha value is -1.36. The van der Waals surface area contributed by atoms with E-state index in [1.165, 1.54) is 0 Å². The van der Waals surface area contributed by atoms with Crippen molar-refractivity contribution in [3.05, 3.63) is 17.0 Å². The highest BCUT2D eigenvalue weighted by Gasteiger charge is 2.30. The van der Waals surface area contributed by atoms with Crippen molar-refractivity contribution in [1.29, 1.82) is 0 Å². The van der Waals surface area contributed by atoms with Gasteiger partial charge in [0, 0.05) is 19.0 Å². The predicted molar refractivity (Wildman–Crippen MR) is 54.4 cm³/mol. The number of aromatic nitrogens is 2. The van der Waals surface area contributed by atoms with E-state index in [9.17, 15) is 4.79 Å².